The van der Waals surface area contributed by atoms with E-state index in [2.05, 4.69) is 26.7 Å². The Hall–Kier alpha value is -3.43. The third-order valence-corrected chi connectivity index (χ3v) is 5.27. The van der Waals surface area contributed by atoms with Gasteiger partial charge in [-0.15, -0.1) is 0 Å². The van der Waals surface area contributed by atoms with E-state index in [-0.39, 0.29) is 23.4 Å². The highest BCUT2D eigenvalue weighted by atomic mass is 16.5. The van der Waals surface area contributed by atoms with Gasteiger partial charge in [0.05, 0.1) is 30.0 Å². The van der Waals surface area contributed by atoms with Gasteiger partial charge in [-0.25, -0.2) is 10.4 Å². The zero-order valence-electron chi connectivity index (χ0n) is 16.8. The monoisotopic (exact) mass is 408 g/mol. The van der Waals surface area contributed by atoms with Crippen LogP contribution in [0.5, 0.6) is 5.75 Å². The van der Waals surface area contributed by atoms with E-state index in [1.165, 1.54) is 4.57 Å². The van der Waals surface area contributed by atoms with Crippen molar-refractivity contribution in [1.29, 1.82) is 0 Å². The number of hydrazine groups is 2. The van der Waals surface area contributed by atoms with Crippen LogP contribution in [0.1, 0.15) is 18.5 Å². The van der Waals surface area contributed by atoms with E-state index >= 15 is 0 Å². The number of rotatable bonds is 6. The van der Waals surface area contributed by atoms with Gasteiger partial charge in [-0.1, -0.05) is 24.3 Å². The summed E-state index contributed by atoms with van der Waals surface area (Å²) in [6.07, 6.45) is 0. The number of fused-ring (bicyclic) bond motifs is 1. The molecule has 9 nitrogen and oxygen atoms in total. The van der Waals surface area contributed by atoms with Crippen LogP contribution in [-0.4, -0.2) is 29.1 Å². The molecule has 1 aliphatic heterocycles. The van der Waals surface area contributed by atoms with Crippen molar-refractivity contribution in [3.8, 4) is 5.75 Å². The summed E-state index contributed by atoms with van der Waals surface area (Å²) in [6.45, 7) is 2.75. The fourth-order valence-electron chi connectivity index (χ4n) is 3.64. The number of para-hydroxylation sites is 1. The Kier molecular flexibility index (Phi) is 5.64. The maximum atomic E-state index is 12.9. The lowest BCUT2D eigenvalue weighted by Crippen LogP contribution is -2.40. The maximum Gasteiger partial charge on any atom is 0.262 e. The second kappa shape index (κ2) is 8.52. The van der Waals surface area contributed by atoms with Crippen LogP contribution in [0.3, 0.4) is 0 Å². The molecular formula is C21H24N6O3. The van der Waals surface area contributed by atoms with E-state index in [1.807, 2.05) is 37.3 Å². The Bertz CT molecular complexity index is 1110. The fraction of sp³-hybridized carbons (Fsp3) is 0.286. The molecule has 1 aliphatic rings. The zero-order chi connectivity index (χ0) is 21.1. The highest BCUT2D eigenvalue weighted by Gasteiger charge is 2.34. The number of ether oxygens (including phenoxy) is 1. The molecule has 2 aromatic carbocycles. The summed E-state index contributed by atoms with van der Waals surface area (Å²) < 4.78 is 6.69. The van der Waals surface area contributed by atoms with Crippen LogP contribution in [0.25, 0.3) is 10.9 Å². The summed E-state index contributed by atoms with van der Waals surface area (Å²) in [5, 5.41) is 0.542. The van der Waals surface area contributed by atoms with Crippen molar-refractivity contribution < 1.29 is 9.53 Å². The number of carbonyl (C=O) groups excluding carboxylic acids is 1. The van der Waals surface area contributed by atoms with Crippen LogP contribution in [0.15, 0.2) is 53.3 Å². The summed E-state index contributed by atoms with van der Waals surface area (Å²) in [5.41, 5.74) is 13.1. The van der Waals surface area contributed by atoms with E-state index in [9.17, 15) is 9.59 Å². The molecular weight excluding hydrogens is 384 g/mol. The predicted octanol–water partition coefficient (Wildman–Crippen LogP) is 1.33. The number of nitrogens with zero attached hydrogens (tertiary/aromatic N) is 2. The van der Waals surface area contributed by atoms with Gasteiger partial charge in [-0.05, 0) is 36.8 Å². The summed E-state index contributed by atoms with van der Waals surface area (Å²) in [6, 6.07) is 14.5. The number of amides is 1. The number of methoxy groups -OCH3 is 1. The van der Waals surface area contributed by atoms with E-state index in [0.29, 0.717) is 29.9 Å². The summed E-state index contributed by atoms with van der Waals surface area (Å²) in [7, 11) is 1.61. The molecule has 1 saturated heterocycles. The molecule has 2 atom stereocenters. The van der Waals surface area contributed by atoms with Crippen LogP contribution >= 0.6 is 0 Å². The van der Waals surface area contributed by atoms with Crippen molar-refractivity contribution in [1.82, 2.24) is 25.8 Å². The first kappa shape index (κ1) is 19.9. The van der Waals surface area contributed by atoms with Crippen molar-refractivity contribution in [2.24, 2.45) is 5.92 Å². The van der Waals surface area contributed by atoms with Crippen molar-refractivity contribution in [2.75, 3.05) is 19.1 Å². The zero-order valence-corrected chi connectivity index (χ0v) is 16.8. The molecule has 1 amide bonds. The van der Waals surface area contributed by atoms with Gasteiger partial charge in [-0.3, -0.25) is 30.4 Å². The van der Waals surface area contributed by atoms with E-state index < -0.39 is 0 Å². The first-order valence-corrected chi connectivity index (χ1v) is 9.80. The molecule has 1 aromatic heterocycles. The predicted molar refractivity (Wildman–Crippen MR) is 114 cm³/mol. The summed E-state index contributed by atoms with van der Waals surface area (Å²) >= 11 is 0. The Labute approximate surface area is 173 Å². The first-order chi connectivity index (χ1) is 14.6. The van der Waals surface area contributed by atoms with Crippen LogP contribution in [0, 0.1) is 5.92 Å². The lowest BCUT2D eigenvalue weighted by Gasteiger charge is -2.20. The minimum atomic E-state index is -0.354. The molecule has 1 fully saturated rings. The number of benzene rings is 2. The molecule has 9 heteroatoms. The SMILES string of the molecule is CCn1c(NNC(=O)C2CNNC2c2ccc(OC)cc2)nc2ccccc2c1=O. The van der Waals surface area contributed by atoms with Crippen molar-refractivity contribution in [2.45, 2.75) is 19.5 Å². The second-order valence-corrected chi connectivity index (χ2v) is 7.00. The maximum absolute atomic E-state index is 12.9. The molecule has 4 rings (SSSR count). The van der Waals surface area contributed by atoms with Crippen molar-refractivity contribution in [3.63, 3.8) is 0 Å². The summed E-state index contributed by atoms with van der Waals surface area (Å²) in [5.74, 6) is 0.494. The standard InChI is InChI=1S/C21H24N6O3/c1-3-27-20(29)15-6-4-5-7-17(15)23-21(27)26-25-19(28)16-12-22-24-18(16)13-8-10-14(30-2)11-9-13/h4-11,16,18,22,24H,3,12H2,1-2H3,(H,23,26)(H,25,28). The molecule has 0 saturated carbocycles. The largest absolute Gasteiger partial charge is 0.497 e. The Morgan fingerprint density at radius 2 is 2.00 bits per heavy atom. The molecule has 0 spiro atoms. The third kappa shape index (κ3) is 3.72. The number of hydrogen-bond acceptors (Lipinski definition) is 7. The quantitative estimate of drug-likeness (QED) is 0.456. The molecule has 0 bridgehead atoms. The van der Waals surface area contributed by atoms with Gasteiger partial charge in [0.2, 0.25) is 11.9 Å². The van der Waals surface area contributed by atoms with Crippen molar-refractivity contribution in [3.05, 3.63) is 64.4 Å². The molecule has 30 heavy (non-hydrogen) atoms. The van der Waals surface area contributed by atoms with Crippen LogP contribution in [0.4, 0.5) is 5.95 Å². The first-order valence-electron chi connectivity index (χ1n) is 9.80. The lowest BCUT2D eigenvalue weighted by atomic mass is 9.94. The molecule has 0 aliphatic carbocycles. The highest BCUT2D eigenvalue weighted by Crippen LogP contribution is 2.26. The Morgan fingerprint density at radius 1 is 1.23 bits per heavy atom. The summed E-state index contributed by atoms with van der Waals surface area (Å²) in [4.78, 5) is 30.1. The molecule has 156 valence electrons. The molecule has 2 unspecified atom stereocenters. The number of hydrogen-bond donors (Lipinski definition) is 4. The number of anilines is 1. The minimum absolute atomic E-state index is 0.153. The topological polar surface area (TPSA) is 109 Å². The van der Waals surface area contributed by atoms with Gasteiger partial charge in [0.25, 0.3) is 5.56 Å². The van der Waals surface area contributed by atoms with Gasteiger partial charge in [0.1, 0.15) is 5.75 Å². The average molecular weight is 408 g/mol. The van der Waals surface area contributed by atoms with Gasteiger partial charge in [0.15, 0.2) is 0 Å². The molecule has 0 radical (unpaired) electrons. The smallest absolute Gasteiger partial charge is 0.262 e. The fourth-order valence-corrected chi connectivity index (χ4v) is 3.64. The third-order valence-electron chi connectivity index (χ3n) is 5.27. The minimum Gasteiger partial charge on any atom is -0.497 e. The Morgan fingerprint density at radius 3 is 2.73 bits per heavy atom. The van der Waals surface area contributed by atoms with Crippen molar-refractivity contribution >= 4 is 22.8 Å². The van der Waals surface area contributed by atoms with E-state index in [1.54, 1.807) is 25.3 Å². The number of carbonyl (C=O) groups is 1. The molecule has 2 heterocycles. The Balaban J connectivity index is 1.52. The van der Waals surface area contributed by atoms with Gasteiger partial charge in [0, 0.05) is 13.1 Å². The van der Waals surface area contributed by atoms with Gasteiger partial charge in [-0.2, -0.15) is 0 Å². The van der Waals surface area contributed by atoms with Crippen LogP contribution < -0.4 is 32.0 Å². The number of nitrogens with one attached hydrogen (secondary N) is 4. The van der Waals surface area contributed by atoms with Gasteiger partial charge < -0.3 is 4.74 Å². The van der Waals surface area contributed by atoms with Gasteiger partial charge >= 0.3 is 0 Å². The highest BCUT2D eigenvalue weighted by molar-refractivity contribution is 5.82. The second-order valence-electron chi connectivity index (χ2n) is 7.00. The average Bonchev–Trinajstić information content (AvgIpc) is 3.28. The lowest BCUT2D eigenvalue weighted by molar-refractivity contribution is -0.124. The van der Waals surface area contributed by atoms with E-state index in [0.717, 1.165) is 11.3 Å². The normalized spacial score (nSPS) is 18.3. The van der Waals surface area contributed by atoms with Crippen LogP contribution in [0.2, 0.25) is 0 Å². The van der Waals surface area contributed by atoms with Crippen LogP contribution in [-0.2, 0) is 11.3 Å². The molecule has 3 aromatic rings. The molecule has 4 N–H and O–H groups in total. The number of aromatic nitrogens is 2. The van der Waals surface area contributed by atoms with E-state index in [4.69, 9.17) is 4.74 Å².